The molecule has 0 fully saturated rings. The van der Waals surface area contributed by atoms with Gasteiger partial charge >= 0.3 is 5.97 Å². The first-order valence-corrected chi connectivity index (χ1v) is 11.3. The fourth-order valence-corrected chi connectivity index (χ4v) is 4.06. The number of esters is 1. The van der Waals surface area contributed by atoms with Gasteiger partial charge in [-0.1, -0.05) is 29.8 Å². The van der Waals surface area contributed by atoms with Crippen molar-refractivity contribution in [1.82, 2.24) is 14.8 Å². The molecule has 1 atom stereocenters. The van der Waals surface area contributed by atoms with E-state index in [0.29, 0.717) is 16.9 Å². The quantitative estimate of drug-likeness (QED) is 0.296. The number of carbonyl (C=O) groups is 2. The molecule has 0 saturated heterocycles. The highest BCUT2D eigenvalue weighted by atomic mass is 16.6. The van der Waals surface area contributed by atoms with Crippen molar-refractivity contribution < 1.29 is 19.2 Å². The zero-order valence-electron chi connectivity index (χ0n) is 20.5. The summed E-state index contributed by atoms with van der Waals surface area (Å²) in [5, 5.41) is 21.8. The Balaban J connectivity index is 1.81. The number of fused-ring (bicyclic) bond motifs is 1. The van der Waals surface area contributed by atoms with Crippen molar-refractivity contribution in [1.29, 1.82) is 0 Å². The van der Waals surface area contributed by atoms with Gasteiger partial charge in [-0.15, -0.1) is 5.10 Å². The summed E-state index contributed by atoms with van der Waals surface area (Å²) >= 11 is 0. The highest BCUT2D eigenvalue weighted by Crippen LogP contribution is 2.37. The molecule has 0 unspecified atom stereocenters. The number of nitro benzene ring substituents is 1. The molecule has 0 bridgehead atoms. The van der Waals surface area contributed by atoms with Crippen LogP contribution in [0.1, 0.15) is 54.1 Å². The molecule has 11 heteroatoms. The molecule has 4 rings (SSSR count). The van der Waals surface area contributed by atoms with Gasteiger partial charge in [0.1, 0.15) is 6.04 Å². The Kier molecular flexibility index (Phi) is 6.56. The fraction of sp³-hybridized carbons (Fsp3) is 0.280. The minimum absolute atomic E-state index is 0.140. The molecule has 2 aromatic carbocycles. The summed E-state index contributed by atoms with van der Waals surface area (Å²) in [6, 6.07) is 10.7. The highest BCUT2D eigenvalue weighted by Gasteiger charge is 2.36. The molecule has 36 heavy (non-hydrogen) atoms. The molecule has 1 aliphatic rings. The van der Waals surface area contributed by atoms with Crippen LogP contribution in [0.15, 0.2) is 53.7 Å². The van der Waals surface area contributed by atoms with Crippen molar-refractivity contribution in [2.24, 2.45) is 0 Å². The predicted molar refractivity (Wildman–Crippen MR) is 133 cm³/mol. The van der Waals surface area contributed by atoms with Gasteiger partial charge in [-0.3, -0.25) is 14.9 Å². The van der Waals surface area contributed by atoms with Gasteiger partial charge in [0.25, 0.3) is 17.4 Å². The van der Waals surface area contributed by atoms with E-state index in [-0.39, 0.29) is 29.1 Å². The summed E-state index contributed by atoms with van der Waals surface area (Å²) in [6.45, 7) is 8.97. The number of non-ortho nitro benzene ring substituents is 1. The lowest BCUT2D eigenvalue weighted by atomic mass is 9.94. The number of amides is 1. The van der Waals surface area contributed by atoms with E-state index in [1.54, 1.807) is 26.8 Å². The summed E-state index contributed by atoms with van der Waals surface area (Å²) in [5.74, 6) is -1.12. The van der Waals surface area contributed by atoms with E-state index in [2.05, 4.69) is 20.7 Å². The second-order valence-electron chi connectivity index (χ2n) is 8.85. The molecule has 1 amide bonds. The maximum absolute atomic E-state index is 13.6. The van der Waals surface area contributed by atoms with Crippen LogP contribution in [0.2, 0.25) is 0 Å². The zero-order chi connectivity index (χ0) is 26.1. The zero-order valence-corrected chi connectivity index (χ0v) is 20.5. The molecule has 2 heterocycles. The Morgan fingerprint density at radius 2 is 1.92 bits per heavy atom. The number of nitrogens with one attached hydrogen (secondary N) is 2. The van der Waals surface area contributed by atoms with E-state index < -0.39 is 22.8 Å². The third-order valence-corrected chi connectivity index (χ3v) is 5.65. The monoisotopic (exact) mass is 490 g/mol. The van der Waals surface area contributed by atoms with E-state index in [1.807, 2.05) is 32.0 Å². The maximum atomic E-state index is 13.6. The number of rotatable bonds is 6. The first-order valence-electron chi connectivity index (χ1n) is 11.3. The van der Waals surface area contributed by atoms with Crippen molar-refractivity contribution in [2.45, 2.75) is 46.8 Å². The normalized spacial score (nSPS) is 14.8. The van der Waals surface area contributed by atoms with E-state index in [9.17, 15) is 19.7 Å². The molecule has 1 aromatic heterocycles. The smallest absolute Gasteiger partial charge is 0.378 e. The standard InChI is InChI=1S/C25H26N6O5/c1-13(2)36-24(33)22-28-25-26-16(5)20(23(32)27-19-10-9-14(3)11-15(19)4)21(30(25)29-22)17-7-6-8-18(12-17)31(34)35/h6-13,21H,1-5H3,(H,27,32)(H,26,28,29)/t21-/m0/s1. The van der Waals surface area contributed by atoms with Crippen LogP contribution < -0.4 is 10.6 Å². The number of hydrogen-bond donors (Lipinski definition) is 2. The lowest BCUT2D eigenvalue weighted by molar-refractivity contribution is -0.384. The molecular formula is C25H26N6O5. The molecule has 0 spiro atoms. The number of allylic oxidation sites excluding steroid dienone is 1. The molecule has 0 saturated carbocycles. The van der Waals surface area contributed by atoms with Gasteiger partial charge in [-0.25, -0.2) is 9.48 Å². The van der Waals surface area contributed by atoms with Gasteiger partial charge in [-0.05, 0) is 51.8 Å². The number of nitrogens with zero attached hydrogens (tertiary/aromatic N) is 4. The molecule has 186 valence electrons. The van der Waals surface area contributed by atoms with Crippen molar-refractivity contribution >= 4 is 29.2 Å². The van der Waals surface area contributed by atoms with Gasteiger partial charge in [0.2, 0.25) is 5.95 Å². The number of aromatic nitrogens is 3. The lowest BCUT2D eigenvalue weighted by Gasteiger charge is -2.28. The van der Waals surface area contributed by atoms with Crippen LogP contribution in [0, 0.1) is 24.0 Å². The Labute approximate surface area is 207 Å². The summed E-state index contributed by atoms with van der Waals surface area (Å²) in [6.07, 6.45) is -0.377. The summed E-state index contributed by atoms with van der Waals surface area (Å²) in [5.41, 5.74) is 3.62. The van der Waals surface area contributed by atoms with E-state index in [1.165, 1.54) is 22.9 Å². The molecular weight excluding hydrogens is 464 g/mol. The molecule has 0 radical (unpaired) electrons. The molecule has 0 aliphatic carbocycles. The van der Waals surface area contributed by atoms with Crippen molar-refractivity contribution in [3.63, 3.8) is 0 Å². The van der Waals surface area contributed by atoms with Crippen molar-refractivity contribution in [2.75, 3.05) is 10.6 Å². The number of hydrogen-bond acceptors (Lipinski definition) is 8. The number of benzene rings is 2. The van der Waals surface area contributed by atoms with Crippen LogP contribution in [0.3, 0.4) is 0 Å². The van der Waals surface area contributed by atoms with Gasteiger partial charge in [0, 0.05) is 23.5 Å². The third-order valence-electron chi connectivity index (χ3n) is 5.65. The van der Waals surface area contributed by atoms with Crippen molar-refractivity contribution in [3.05, 3.63) is 86.4 Å². The van der Waals surface area contributed by atoms with Gasteiger partial charge in [0.15, 0.2) is 0 Å². The Morgan fingerprint density at radius 1 is 1.17 bits per heavy atom. The SMILES string of the molecule is CC1=C(C(=O)Nc2ccc(C)cc2C)[C@H](c2cccc([N+](=O)[O-])c2)n2nc(C(=O)OC(C)C)nc2N1. The maximum Gasteiger partial charge on any atom is 0.378 e. The second kappa shape index (κ2) is 9.61. The summed E-state index contributed by atoms with van der Waals surface area (Å²) < 4.78 is 6.60. The lowest BCUT2D eigenvalue weighted by Crippen LogP contribution is -2.31. The van der Waals surface area contributed by atoms with E-state index in [0.717, 1.165) is 11.1 Å². The van der Waals surface area contributed by atoms with Crippen LogP contribution in [0.25, 0.3) is 0 Å². The highest BCUT2D eigenvalue weighted by molar-refractivity contribution is 6.06. The summed E-state index contributed by atoms with van der Waals surface area (Å²) in [7, 11) is 0. The summed E-state index contributed by atoms with van der Waals surface area (Å²) in [4.78, 5) is 41.3. The molecule has 3 aromatic rings. The van der Waals surface area contributed by atoms with Gasteiger partial charge < -0.3 is 15.4 Å². The first-order chi connectivity index (χ1) is 17.0. The van der Waals surface area contributed by atoms with E-state index >= 15 is 0 Å². The van der Waals surface area contributed by atoms with Gasteiger partial charge in [-0.2, -0.15) is 4.98 Å². The minimum atomic E-state index is -0.889. The van der Waals surface area contributed by atoms with Crippen LogP contribution >= 0.6 is 0 Å². The van der Waals surface area contributed by atoms with Crippen molar-refractivity contribution in [3.8, 4) is 0 Å². The topological polar surface area (TPSA) is 141 Å². The Bertz CT molecular complexity index is 1410. The van der Waals surface area contributed by atoms with E-state index in [4.69, 9.17) is 4.74 Å². The minimum Gasteiger partial charge on any atom is -0.457 e. The molecule has 1 aliphatic heterocycles. The second-order valence-corrected chi connectivity index (χ2v) is 8.85. The Hall–Kier alpha value is -4.54. The van der Waals surface area contributed by atoms with Crippen LogP contribution in [0.4, 0.5) is 17.3 Å². The number of ether oxygens (including phenoxy) is 1. The fourth-order valence-electron chi connectivity index (χ4n) is 4.06. The van der Waals surface area contributed by atoms with Crippen LogP contribution in [0.5, 0.6) is 0 Å². The third kappa shape index (κ3) is 4.81. The number of anilines is 2. The first kappa shape index (κ1) is 24.6. The largest absolute Gasteiger partial charge is 0.457 e. The average Bonchev–Trinajstić information content (AvgIpc) is 3.23. The van der Waals surface area contributed by atoms with Crippen LogP contribution in [-0.2, 0) is 9.53 Å². The van der Waals surface area contributed by atoms with Gasteiger partial charge in [0.05, 0.1) is 16.6 Å². The molecule has 2 N–H and O–H groups in total. The Morgan fingerprint density at radius 3 is 2.58 bits per heavy atom. The average molecular weight is 491 g/mol. The molecule has 11 nitrogen and oxygen atoms in total. The predicted octanol–water partition coefficient (Wildman–Crippen LogP) is 4.30. The van der Waals surface area contributed by atoms with Crippen LogP contribution in [-0.4, -0.2) is 37.7 Å². The number of nitro groups is 1. The number of carbonyl (C=O) groups excluding carboxylic acids is 2. The number of aryl methyl sites for hydroxylation is 2.